The highest BCUT2D eigenvalue weighted by Crippen LogP contribution is 2.35. The van der Waals surface area contributed by atoms with Crippen LogP contribution in [0.25, 0.3) is 11.1 Å². The first-order valence-electron chi connectivity index (χ1n) is 15.5. The molecular weight excluding hydrogens is 656 g/mol. The predicted octanol–water partition coefficient (Wildman–Crippen LogP) is 9.97. The lowest BCUT2D eigenvalue weighted by molar-refractivity contribution is -0.137. The van der Waals surface area contributed by atoms with Gasteiger partial charge in [-0.15, -0.1) is 0 Å². The molecule has 0 atom stereocenters. The van der Waals surface area contributed by atoms with Crippen LogP contribution in [-0.2, 0) is 39.3 Å². The zero-order chi connectivity index (χ0) is 35.3. The van der Waals surface area contributed by atoms with Gasteiger partial charge in [0.15, 0.2) is 9.84 Å². The Morgan fingerprint density at radius 1 is 0.776 bits per heavy atom. The molecular formula is C39H34F4O5S. The first-order chi connectivity index (χ1) is 23.2. The quantitative estimate of drug-likeness (QED) is 0.102. The number of esters is 1. The van der Waals surface area contributed by atoms with Crippen LogP contribution < -0.4 is 4.74 Å². The summed E-state index contributed by atoms with van der Waals surface area (Å²) in [7, 11) is -2.68. The van der Waals surface area contributed by atoms with E-state index in [4.69, 9.17) is 9.47 Å². The van der Waals surface area contributed by atoms with Gasteiger partial charge in [0, 0.05) is 0 Å². The number of halogens is 4. The summed E-state index contributed by atoms with van der Waals surface area (Å²) in [6.45, 7) is 3.94. The van der Waals surface area contributed by atoms with Crippen molar-refractivity contribution in [3.63, 3.8) is 0 Å². The van der Waals surface area contributed by atoms with Crippen LogP contribution in [-0.4, -0.2) is 21.5 Å². The molecule has 0 bridgehead atoms. The van der Waals surface area contributed by atoms with Gasteiger partial charge in [0.05, 0.1) is 28.9 Å². The van der Waals surface area contributed by atoms with Gasteiger partial charge in [0.25, 0.3) is 0 Å². The van der Waals surface area contributed by atoms with E-state index in [0.717, 1.165) is 28.3 Å². The molecule has 0 aliphatic heterocycles. The van der Waals surface area contributed by atoms with Crippen LogP contribution in [0.5, 0.6) is 11.5 Å². The van der Waals surface area contributed by atoms with E-state index in [-0.39, 0.29) is 16.4 Å². The molecule has 5 rings (SSSR count). The van der Waals surface area contributed by atoms with E-state index in [1.807, 2.05) is 38.1 Å². The molecule has 5 aromatic carbocycles. The molecule has 5 aromatic rings. The van der Waals surface area contributed by atoms with Gasteiger partial charge in [-0.05, 0) is 113 Å². The lowest BCUT2D eigenvalue weighted by atomic mass is 9.88. The van der Waals surface area contributed by atoms with Crippen LogP contribution in [0.4, 0.5) is 17.6 Å². The Morgan fingerprint density at radius 3 is 1.98 bits per heavy atom. The SMILES string of the molecule is COC(=O)c1cc(-c2ccc(CCc3cccc(C(F)(F)F)c3)cc2)c(C(C)C)cc1CS(=O)(=O)c1ccc(Oc2ccc(F)cc2)cc1. The molecule has 254 valence electrons. The first-order valence-corrected chi connectivity index (χ1v) is 17.2. The number of sulfone groups is 1. The number of ether oxygens (including phenoxy) is 2. The van der Waals surface area contributed by atoms with Crippen LogP contribution in [0.1, 0.15) is 57.9 Å². The normalized spacial score (nSPS) is 11.8. The van der Waals surface area contributed by atoms with E-state index < -0.39 is 39.1 Å². The highest BCUT2D eigenvalue weighted by Gasteiger charge is 2.30. The van der Waals surface area contributed by atoms with Gasteiger partial charge in [-0.25, -0.2) is 17.6 Å². The number of benzene rings is 5. The van der Waals surface area contributed by atoms with E-state index in [9.17, 15) is 30.8 Å². The fourth-order valence-electron chi connectivity index (χ4n) is 5.50. The van der Waals surface area contributed by atoms with Crippen molar-refractivity contribution in [1.29, 1.82) is 0 Å². The Balaban J connectivity index is 1.39. The Kier molecular flexibility index (Phi) is 10.6. The zero-order valence-corrected chi connectivity index (χ0v) is 27.9. The number of hydrogen-bond acceptors (Lipinski definition) is 5. The summed E-state index contributed by atoms with van der Waals surface area (Å²) in [6.07, 6.45) is -3.44. The number of carbonyl (C=O) groups is 1. The average molecular weight is 691 g/mol. The standard InChI is InChI=1S/C39H34F4O5S/c1-25(2)35-22-29(24-49(45,46)34-19-17-33(18-20-34)48-32-15-13-31(40)14-16-32)37(38(44)47-3)23-36(35)28-11-9-26(10-12-28)7-8-27-5-4-6-30(21-27)39(41,42)43/h4-6,9-23,25H,7-8,24H2,1-3H3. The minimum Gasteiger partial charge on any atom is -0.465 e. The molecule has 0 N–H and O–H groups in total. The minimum absolute atomic E-state index is 0.0330. The molecule has 0 heterocycles. The molecule has 0 spiro atoms. The maximum absolute atomic E-state index is 13.6. The Labute approximate surface area is 283 Å². The van der Waals surface area contributed by atoms with Crippen LogP contribution >= 0.6 is 0 Å². The molecule has 0 saturated heterocycles. The largest absolute Gasteiger partial charge is 0.465 e. The number of methoxy groups -OCH3 is 1. The fraction of sp³-hybridized carbons (Fsp3) is 0.205. The summed E-state index contributed by atoms with van der Waals surface area (Å²) in [5.41, 5.74) is 3.62. The van der Waals surface area contributed by atoms with Crippen molar-refractivity contribution in [3.8, 4) is 22.6 Å². The highest BCUT2D eigenvalue weighted by atomic mass is 32.2. The number of alkyl halides is 3. The number of carbonyl (C=O) groups excluding carboxylic acids is 1. The molecule has 0 aliphatic carbocycles. The van der Waals surface area contributed by atoms with Crippen molar-refractivity contribution < 1.29 is 40.2 Å². The fourth-order valence-corrected chi connectivity index (χ4v) is 6.86. The Morgan fingerprint density at radius 2 is 1.39 bits per heavy atom. The Hall–Kier alpha value is -4.96. The van der Waals surface area contributed by atoms with Gasteiger partial charge in [-0.1, -0.05) is 62.4 Å². The van der Waals surface area contributed by atoms with Crippen molar-refractivity contribution in [1.82, 2.24) is 0 Å². The summed E-state index contributed by atoms with van der Waals surface area (Å²) >= 11 is 0. The van der Waals surface area contributed by atoms with Crippen LogP contribution in [0, 0.1) is 5.82 Å². The van der Waals surface area contributed by atoms with E-state index in [1.165, 1.54) is 67.8 Å². The summed E-state index contributed by atoms with van der Waals surface area (Å²) < 4.78 is 90.5. The van der Waals surface area contributed by atoms with Crippen LogP contribution in [0.15, 0.2) is 114 Å². The smallest absolute Gasteiger partial charge is 0.416 e. The van der Waals surface area contributed by atoms with E-state index in [0.29, 0.717) is 35.5 Å². The van der Waals surface area contributed by atoms with Gasteiger partial charge in [0.2, 0.25) is 0 Å². The molecule has 0 fully saturated rings. The highest BCUT2D eigenvalue weighted by molar-refractivity contribution is 7.90. The second-order valence-electron chi connectivity index (χ2n) is 11.9. The van der Waals surface area contributed by atoms with E-state index in [1.54, 1.807) is 18.2 Å². The summed E-state index contributed by atoms with van der Waals surface area (Å²) in [5, 5.41) is 0. The second kappa shape index (κ2) is 14.7. The third-order valence-electron chi connectivity index (χ3n) is 8.10. The topological polar surface area (TPSA) is 69.7 Å². The molecule has 0 saturated carbocycles. The predicted molar refractivity (Wildman–Crippen MR) is 180 cm³/mol. The van der Waals surface area contributed by atoms with Crippen molar-refractivity contribution in [2.24, 2.45) is 0 Å². The van der Waals surface area contributed by atoms with Gasteiger partial charge in [-0.3, -0.25) is 0 Å². The molecule has 0 amide bonds. The molecule has 0 aliphatic rings. The maximum atomic E-state index is 13.6. The lowest BCUT2D eigenvalue weighted by Crippen LogP contribution is -2.13. The third-order valence-corrected chi connectivity index (χ3v) is 9.78. The van der Waals surface area contributed by atoms with Crippen LogP contribution in [0.3, 0.4) is 0 Å². The molecule has 49 heavy (non-hydrogen) atoms. The minimum atomic E-state index is -4.40. The average Bonchev–Trinajstić information content (AvgIpc) is 3.08. The Bertz CT molecular complexity index is 2040. The molecule has 10 heteroatoms. The van der Waals surface area contributed by atoms with Gasteiger partial charge >= 0.3 is 12.1 Å². The first kappa shape index (κ1) is 35.3. The molecule has 5 nitrogen and oxygen atoms in total. The maximum Gasteiger partial charge on any atom is 0.416 e. The van der Waals surface area contributed by atoms with E-state index in [2.05, 4.69) is 0 Å². The van der Waals surface area contributed by atoms with E-state index >= 15 is 0 Å². The number of hydrogen-bond donors (Lipinski definition) is 0. The van der Waals surface area contributed by atoms with Gasteiger partial charge in [-0.2, -0.15) is 13.2 Å². The van der Waals surface area contributed by atoms with Crippen molar-refractivity contribution in [3.05, 3.63) is 148 Å². The zero-order valence-electron chi connectivity index (χ0n) is 27.1. The van der Waals surface area contributed by atoms with Crippen molar-refractivity contribution >= 4 is 15.8 Å². The van der Waals surface area contributed by atoms with Gasteiger partial charge < -0.3 is 9.47 Å². The molecule has 0 unspecified atom stereocenters. The van der Waals surface area contributed by atoms with Crippen molar-refractivity contribution in [2.75, 3.05) is 7.11 Å². The monoisotopic (exact) mass is 690 g/mol. The molecule has 0 aromatic heterocycles. The van der Waals surface area contributed by atoms with Crippen LogP contribution in [0.2, 0.25) is 0 Å². The van der Waals surface area contributed by atoms with Crippen molar-refractivity contribution in [2.45, 2.75) is 49.4 Å². The lowest BCUT2D eigenvalue weighted by Gasteiger charge is -2.19. The number of rotatable bonds is 11. The molecule has 0 radical (unpaired) electrons. The third kappa shape index (κ3) is 8.75. The second-order valence-corrected chi connectivity index (χ2v) is 13.9. The summed E-state index contributed by atoms with van der Waals surface area (Å²) in [5.74, 6) is -0.810. The van der Waals surface area contributed by atoms with Gasteiger partial charge in [0.1, 0.15) is 17.3 Å². The summed E-state index contributed by atoms with van der Waals surface area (Å²) in [6, 6.07) is 27.5. The number of aryl methyl sites for hydroxylation is 2. The summed E-state index contributed by atoms with van der Waals surface area (Å²) in [4.78, 5) is 13.0.